The molecular formula is C15H29N. The third-order valence-electron chi connectivity index (χ3n) is 3.21. The van der Waals surface area contributed by atoms with Crippen LogP contribution in [0.1, 0.15) is 78.6 Å². The number of nitrogens with zero attached hydrogens (tertiary/aromatic N) is 1. The third kappa shape index (κ3) is 11.6. The molecule has 1 rings (SSSR count). The van der Waals surface area contributed by atoms with Crippen molar-refractivity contribution in [2.24, 2.45) is 11.8 Å². The Kier molecular flexibility index (Phi) is 10.6. The first-order valence-electron chi connectivity index (χ1n) is 7.03. The Morgan fingerprint density at radius 1 is 1.12 bits per heavy atom. The second-order valence-electron chi connectivity index (χ2n) is 5.54. The number of nitriles is 1. The molecule has 0 saturated heterocycles. The van der Waals surface area contributed by atoms with E-state index < -0.39 is 0 Å². The largest absolute Gasteiger partial charge is 0.198 e. The van der Waals surface area contributed by atoms with Crippen LogP contribution in [-0.2, 0) is 0 Å². The van der Waals surface area contributed by atoms with E-state index >= 15 is 0 Å². The van der Waals surface area contributed by atoms with Gasteiger partial charge in [0.25, 0.3) is 0 Å². The van der Waals surface area contributed by atoms with E-state index in [0.29, 0.717) is 0 Å². The van der Waals surface area contributed by atoms with E-state index in [1.165, 1.54) is 44.9 Å². The van der Waals surface area contributed by atoms with Crippen LogP contribution in [0.25, 0.3) is 0 Å². The highest BCUT2D eigenvalue weighted by molar-refractivity contribution is 4.67. The first kappa shape index (κ1) is 15.5. The molecule has 0 heterocycles. The summed E-state index contributed by atoms with van der Waals surface area (Å²) in [5.74, 6) is 1.83. The molecule has 1 aliphatic carbocycles. The first-order valence-corrected chi connectivity index (χ1v) is 7.03. The van der Waals surface area contributed by atoms with Crippen LogP contribution < -0.4 is 0 Å². The van der Waals surface area contributed by atoms with E-state index in [9.17, 15) is 0 Å². The Bertz CT molecular complexity index is 172. The van der Waals surface area contributed by atoms with Crippen LogP contribution in [0.15, 0.2) is 0 Å². The third-order valence-corrected chi connectivity index (χ3v) is 3.21. The van der Waals surface area contributed by atoms with Crippen LogP contribution in [-0.4, -0.2) is 0 Å². The van der Waals surface area contributed by atoms with E-state index in [1.807, 2.05) is 0 Å². The van der Waals surface area contributed by atoms with Crippen LogP contribution in [0.2, 0.25) is 0 Å². The van der Waals surface area contributed by atoms with Crippen molar-refractivity contribution in [2.45, 2.75) is 78.6 Å². The predicted molar refractivity (Wildman–Crippen MR) is 71.2 cm³/mol. The Morgan fingerprint density at radius 2 is 1.75 bits per heavy atom. The van der Waals surface area contributed by atoms with E-state index in [-0.39, 0.29) is 0 Å². The minimum Gasteiger partial charge on any atom is -0.198 e. The highest BCUT2D eigenvalue weighted by atomic mass is 14.2. The van der Waals surface area contributed by atoms with Gasteiger partial charge in [-0.05, 0) is 18.3 Å². The van der Waals surface area contributed by atoms with Crippen LogP contribution in [0, 0.1) is 23.2 Å². The summed E-state index contributed by atoms with van der Waals surface area (Å²) < 4.78 is 0. The molecule has 94 valence electrons. The summed E-state index contributed by atoms with van der Waals surface area (Å²) in [6.45, 7) is 6.79. The molecule has 0 aromatic heterocycles. The number of hydrogen-bond donors (Lipinski definition) is 0. The summed E-state index contributed by atoms with van der Waals surface area (Å²) in [5.41, 5.74) is 0. The Balaban J connectivity index is 0.000000288. The van der Waals surface area contributed by atoms with Gasteiger partial charge < -0.3 is 0 Å². The van der Waals surface area contributed by atoms with Gasteiger partial charge in [0.15, 0.2) is 0 Å². The van der Waals surface area contributed by atoms with Crippen molar-refractivity contribution in [3.8, 4) is 6.07 Å². The minimum atomic E-state index is 0.729. The molecule has 0 radical (unpaired) electrons. The Morgan fingerprint density at radius 3 is 2.12 bits per heavy atom. The van der Waals surface area contributed by atoms with Crippen molar-refractivity contribution in [3.05, 3.63) is 0 Å². The minimum absolute atomic E-state index is 0.729. The normalized spacial score (nSPS) is 16.4. The maximum Gasteiger partial charge on any atom is 0.0621 e. The molecule has 1 aliphatic rings. The molecule has 1 nitrogen and oxygen atoms in total. The second-order valence-corrected chi connectivity index (χ2v) is 5.54. The zero-order valence-corrected chi connectivity index (χ0v) is 11.5. The second kappa shape index (κ2) is 11.0. The summed E-state index contributed by atoms with van der Waals surface area (Å²) in [6, 6.07) is 2.14. The molecule has 0 spiro atoms. The lowest BCUT2D eigenvalue weighted by Gasteiger charge is -2.15. The molecule has 1 fully saturated rings. The van der Waals surface area contributed by atoms with Crippen molar-refractivity contribution in [3.63, 3.8) is 0 Å². The molecule has 0 bridgehead atoms. The van der Waals surface area contributed by atoms with Crippen LogP contribution in [0.3, 0.4) is 0 Å². The summed E-state index contributed by atoms with van der Waals surface area (Å²) in [4.78, 5) is 0. The van der Waals surface area contributed by atoms with Gasteiger partial charge in [-0.3, -0.25) is 0 Å². The molecule has 16 heavy (non-hydrogen) atoms. The van der Waals surface area contributed by atoms with E-state index in [2.05, 4.69) is 26.8 Å². The standard InChI is InChI=1S/C8H15N.C7H14/c1-8(2)6-4-3-5-7-9;1-7-5-3-2-4-6-7/h8H,3-6H2,1-2H3;7H,2-6H2,1H3. The zero-order chi connectivity index (χ0) is 12.2. The highest BCUT2D eigenvalue weighted by Crippen LogP contribution is 2.22. The van der Waals surface area contributed by atoms with Gasteiger partial charge in [0.05, 0.1) is 6.07 Å². The van der Waals surface area contributed by atoms with Crippen molar-refractivity contribution < 1.29 is 0 Å². The van der Waals surface area contributed by atoms with Gasteiger partial charge in [0, 0.05) is 6.42 Å². The van der Waals surface area contributed by atoms with Gasteiger partial charge >= 0.3 is 0 Å². The lowest BCUT2D eigenvalue weighted by molar-refractivity contribution is 0.385. The van der Waals surface area contributed by atoms with Gasteiger partial charge in [0.2, 0.25) is 0 Å². The smallest absolute Gasteiger partial charge is 0.0621 e. The highest BCUT2D eigenvalue weighted by Gasteiger charge is 2.05. The van der Waals surface area contributed by atoms with Crippen molar-refractivity contribution in [1.29, 1.82) is 5.26 Å². The molecule has 0 amide bonds. The lowest BCUT2D eigenvalue weighted by Crippen LogP contribution is -1.99. The molecule has 0 N–H and O–H groups in total. The fraction of sp³-hybridized carbons (Fsp3) is 0.933. The number of unbranched alkanes of at least 4 members (excludes halogenated alkanes) is 2. The molecular weight excluding hydrogens is 194 g/mol. The monoisotopic (exact) mass is 223 g/mol. The predicted octanol–water partition coefficient (Wildman–Crippen LogP) is 5.31. The number of rotatable bonds is 4. The average Bonchev–Trinajstić information content (AvgIpc) is 2.26. The fourth-order valence-corrected chi connectivity index (χ4v) is 2.06. The molecule has 0 atom stereocenters. The molecule has 0 aromatic rings. The lowest BCUT2D eigenvalue weighted by atomic mass is 9.91. The molecule has 1 saturated carbocycles. The summed E-state index contributed by atoms with van der Waals surface area (Å²) >= 11 is 0. The van der Waals surface area contributed by atoms with Crippen molar-refractivity contribution in [1.82, 2.24) is 0 Å². The number of hydrogen-bond acceptors (Lipinski definition) is 1. The molecule has 0 unspecified atom stereocenters. The topological polar surface area (TPSA) is 23.8 Å². The zero-order valence-electron chi connectivity index (χ0n) is 11.5. The maximum atomic E-state index is 8.18. The fourth-order valence-electron chi connectivity index (χ4n) is 2.06. The first-order chi connectivity index (χ1) is 7.66. The summed E-state index contributed by atoms with van der Waals surface area (Å²) in [6.07, 6.45) is 11.7. The van der Waals surface area contributed by atoms with Gasteiger partial charge in [-0.2, -0.15) is 5.26 Å². The quantitative estimate of drug-likeness (QED) is 0.592. The SMILES string of the molecule is CC(C)CCCCC#N.CC1CCCCC1. The van der Waals surface area contributed by atoms with Gasteiger partial charge in [-0.15, -0.1) is 0 Å². The summed E-state index contributed by atoms with van der Waals surface area (Å²) in [7, 11) is 0. The van der Waals surface area contributed by atoms with Crippen LogP contribution in [0.5, 0.6) is 0 Å². The van der Waals surface area contributed by atoms with Gasteiger partial charge in [-0.1, -0.05) is 65.7 Å². The van der Waals surface area contributed by atoms with Crippen molar-refractivity contribution >= 4 is 0 Å². The van der Waals surface area contributed by atoms with Crippen LogP contribution in [0.4, 0.5) is 0 Å². The molecule has 0 aromatic carbocycles. The van der Waals surface area contributed by atoms with Gasteiger partial charge in [-0.25, -0.2) is 0 Å². The van der Waals surface area contributed by atoms with Gasteiger partial charge in [0.1, 0.15) is 0 Å². The summed E-state index contributed by atoms with van der Waals surface area (Å²) in [5, 5.41) is 8.18. The van der Waals surface area contributed by atoms with E-state index in [4.69, 9.17) is 5.26 Å². The maximum absolute atomic E-state index is 8.18. The van der Waals surface area contributed by atoms with E-state index in [0.717, 1.165) is 24.7 Å². The Labute approximate surface area is 102 Å². The average molecular weight is 223 g/mol. The Hall–Kier alpha value is -0.510. The molecule has 1 heteroatoms. The van der Waals surface area contributed by atoms with Crippen LogP contribution >= 0.6 is 0 Å². The van der Waals surface area contributed by atoms with Crippen molar-refractivity contribution in [2.75, 3.05) is 0 Å². The van der Waals surface area contributed by atoms with E-state index in [1.54, 1.807) is 0 Å². The molecule has 0 aliphatic heterocycles.